The van der Waals surface area contributed by atoms with Gasteiger partial charge in [0.05, 0.1) is 0 Å². The quantitative estimate of drug-likeness (QED) is 0.0261. The van der Waals surface area contributed by atoms with Crippen LogP contribution in [0.2, 0.25) is 0 Å². The third-order valence-electron chi connectivity index (χ3n) is 14.9. The van der Waals surface area contributed by atoms with Crippen molar-refractivity contribution in [3.8, 4) is 0 Å². The highest BCUT2D eigenvalue weighted by Gasteiger charge is 2.19. The van der Waals surface area contributed by atoms with Crippen LogP contribution in [0.3, 0.4) is 0 Å². The van der Waals surface area contributed by atoms with Crippen LogP contribution in [0.5, 0.6) is 0 Å². The summed E-state index contributed by atoms with van der Waals surface area (Å²) in [5.41, 5.74) is 0. The van der Waals surface area contributed by atoms with Crippen molar-refractivity contribution in [1.82, 2.24) is 0 Å². The molecule has 0 amide bonds. The molecule has 0 N–H and O–H groups in total. The fourth-order valence-corrected chi connectivity index (χ4v) is 9.82. The lowest BCUT2D eigenvalue weighted by atomic mass is 10.0. The van der Waals surface area contributed by atoms with E-state index in [1.807, 2.05) is 6.08 Å². The molecule has 0 aliphatic carbocycles. The molecule has 1 atom stereocenters. The van der Waals surface area contributed by atoms with Crippen LogP contribution in [0.1, 0.15) is 342 Å². The van der Waals surface area contributed by atoms with Gasteiger partial charge in [-0.2, -0.15) is 0 Å². The van der Waals surface area contributed by atoms with Crippen LogP contribution in [-0.4, -0.2) is 37.2 Å². The highest BCUT2D eigenvalue weighted by Crippen LogP contribution is 2.18. The summed E-state index contributed by atoms with van der Waals surface area (Å²) in [6.45, 7) is 6.46. The molecule has 0 aliphatic heterocycles. The first-order chi connectivity index (χ1) is 39.0. The average molecular weight is 1100 g/mol. The second-order valence-electron chi connectivity index (χ2n) is 22.7. The SMILES string of the molecule is CC/C=C\C/C=C\C/C=C\C/C=C\CCC(=O)OCC(COC(=O)CCCCCCCCCCCCCCCCCCCCCCCCCCCCCCC)OC(=O)CCCCCCCC/C=C\C/C=C\C/C=C\CCCCC. The van der Waals surface area contributed by atoms with Crippen molar-refractivity contribution in [2.75, 3.05) is 13.2 Å². The summed E-state index contributed by atoms with van der Waals surface area (Å²) in [5.74, 6) is -0.986. The number of unbranched alkanes of at least 4 members (excludes halogenated alkanes) is 37. The second-order valence-corrected chi connectivity index (χ2v) is 22.7. The van der Waals surface area contributed by atoms with Crippen molar-refractivity contribution >= 4 is 17.9 Å². The number of allylic oxidation sites excluding steroid dienone is 14. The number of hydrogen-bond donors (Lipinski definition) is 0. The number of esters is 3. The smallest absolute Gasteiger partial charge is 0.306 e. The minimum Gasteiger partial charge on any atom is -0.462 e. The minimum absolute atomic E-state index is 0.102. The van der Waals surface area contributed by atoms with Gasteiger partial charge < -0.3 is 14.2 Å². The monoisotopic (exact) mass is 1100 g/mol. The molecule has 0 aromatic rings. The van der Waals surface area contributed by atoms with E-state index in [0.717, 1.165) is 89.9 Å². The third kappa shape index (κ3) is 65.3. The number of carbonyl (C=O) groups is 3. The van der Waals surface area contributed by atoms with Crippen LogP contribution in [0.4, 0.5) is 0 Å². The van der Waals surface area contributed by atoms with E-state index in [1.165, 1.54) is 205 Å². The van der Waals surface area contributed by atoms with Gasteiger partial charge in [-0.05, 0) is 83.5 Å². The van der Waals surface area contributed by atoms with Gasteiger partial charge in [-0.15, -0.1) is 0 Å². The van der Waals surface area contributed by atoms with E-state index >= 15 is 0 Å². The molecule has 0 spiro atoms. The van der Waals surface area contributed by atoms with Gasteiger partial charge >= 0.3 is 17.9 Å². The molecule has 0 bridgehead atoms. The maximum absolute atomic E-state index is 12.9. The Kier molecular flexibility index (Phi) is 64.2. The standard InChI is InChI=1S/C73H128O6/c1-4-7-10-13-16-19-22-25-27-29-31-32-33-34-35-36-37-38-39-40-42-43-45-48-51-54-57-60-63-66-72(75)78-69-70(68-77-71(74)65-62-59-56-53-50-47-24-21-18-15-12-9-6-3)79-73(76)67-64-61-58-55-52-49-46-44-41-30-28-26-23-20-17-14-11-8-5-2/h9,12,17-18,20-21,26,28,41,44,47,50,56,59,70H,4-8,10-11,13-16,19,22-25,27,29-40,42-43,45-46,48-49,51-55,57-58,60-69H2,1-3H3/b12-9-,20-17-,21-18-,28-26-,44-41-,50-47-,59-56-. The molecular formula is C73H128O6. The lowest BCUT2D eigenvalue weighted by Gasteiger charge is -2.18. The van der Waals surface area contributed by atoms with Crippen LogP contribution in [0, 0.1) is 0 Å². The second kappa shape index (κ2) is 67.1. The Labute approximate surface area is 490 Å². The maximum Gasteiger partial charge on any atom is 0.306 e. The molecule has 0 heterocycles. The zero-order chi connectivity index (χ0) is 57.1. The van der Waals surface area contributed by atoms with Crippen molar-refractivity contribution in [3.63, 3.8) is 0 Å². The molecule has 6 nitrogen and oxygen atoms in total. The summed E-state index contributed by atoms with van der Waals surface area (Å²) in [6.07, 6.45) is 89.2. The van der Waals surface area contributed by atoms with E-state index in [9.17, 15) is 14.4 Å². The maximum atomic E-state index is 12.9. The number of rotatable bonds is 62. The first-order valence-corrected chi connectivity index (χ1v) is 34.1. The van der Waals surface area contributed by atoms with Gasteiger partial charge in [0.25, 0.3) is 0 Å². The van der Waals surface area contributed by atoms with E-state index in [0.29, 0.717) is 19.3 Å². The van der Waals surface area contributed by atoms with Crippen LogP contribution < -0.4 is 0 Å². The van der Waals surface area contributed by atoms with Crippen molar-refractivity contribution in [2.24, 2.45) is 0 Å². The largest absolute Gasteiger partial charge is 0.462 e. The Bertz CT molecular complexity index is 1500. The van der Waals surface area contributed by atoms with Gasteiger partial charge in [0.2, 0.25) is 0 Å². The van der Waals surface area contributed by atoms with Gasteiger partial charge in [0.15, 0.2) is 6.10 Å². The molecule has 0 radical (unpaired) electrons. The van der Waals surface area contributed by atoms with Crippen LogP contribution in [0.15, 0.2) is 85.1 Å². The summed E-state index contributed by atoms with van der Waals surface area (Å²) in [5, 5.41) is 0. The van der Waals surface area contributed by atoms with Crippen LogP contribution in [0.25, 0.3) is 0 Å². The first kappa shape index (κ1) is 75.6. The molecule has 0 fully saturated rings. The highest BCUT2D eigenvalue weighted by atomic mass is 16.6. The molecule has 0 aromatic heterocycles. The van der Waals surface area contributed by atoms with E-state index < -0.39 is 6.10 Å². The van der Waals surface area contributed by atoms with Crippen LogP contribution in [-0.2, 0) is 28.6 Å². The predicted molar refractivity (Wildman–Crippen MR) is 344 cm³/mol. The normalized spacial score (nSPS) is 12.6. The molecule has 0 aliphatic rings. The summed E-state index contributed by atoms with van der Waals surface area (Å²) >= 11 is 0. The zero-order valence-corrected chi connectivity index (χ0v) is 52.4. The Hall–Kier alpha value is -3.41. The average Bonchev–Trinajstić information content (AvgIpc) is 3.45. The topological polar surface area (TPSA) is 78.9 Å². The van der Waals surface area contributed by atoms with E-state index in [4.69, 9.17) is 14.2 Å². The van der Waals surface area contributed by atoms with Gasteiger partial charge in [0, 0.05) is 19.3 Å². The Morgan fingerprint density at radius 1 is 0.266 bits per heavy atom. The molecule has 6 heteroatoms. The lowest BCUT2D eigenvalue weighted by Crippen LogP contribution is -2.30. The predicted octanol–water partition coefficient (Wildman–Crippen LogP) is 23.4. The van der Waals surface area contributed by atoms with Gasteiger partial charge in [-0.1, -0.05) is 324 Å². The summed E-state index contributed by atoms with van der Waals surface area (Å²) in [7, 11) is 0. The molecule has 0 saturated heterocycles. The molecule has 456 valence electrons. The van der Waals surface area contributed by atoms with Gasteiger partial charge in [0.1, 0.15) is 13.2 Å². The molecule has 79 heavy (non-hydrogen) atoms. The van der Waals surface area contributed by atoms with Crippen molar-refractivity contribution in [2.45, 2.75) is 348 Å². The van der Waals surface area contributed by atoms with Crippen molar-refractivity contribution in [3.05, 3.63) is 85.1 Å². The fourth-order valence-electron chi connectivity index (χ4n) is 9.82. The highest BCUT2D eigenvalue weighted by molar-refractivity contribution is 5.71. The van der Waals surface area contributed by atoms with Crippen molar-refractivity contribution in [1.29, 1.82) is 0 Å². The molecule has 0 rings (SSSR count). The molecule has 1 unspecified atom stereocenters. The molecule has 0 saturated carbocycles. The summed E-state index contributed by atoms with van der Waals surface area (Å²) in [6, 6.07) is 0. The third-order valence-corrected chi connectivity index (χ3v) is 14.9. The first-order valence-electron chi connectivity index (χ1n) is 34.1. The fraction of sp³-hybridized carbons (Fsp3) is 0.767. The van der Waals surface area contributed by atoms with Gasteiger partial charge in [-0.25, -0.2) is 0 Å². The summed E-state index contributed by atoms with van der Waals surface area (Å²) < 4.78 is 16.9. The summed E-state index contributed by atoms with van der Waals surface area (Å²) in [4.78, 5) is 38.3. The molecule has 0 aromatic carbocycles. The Morgan fingerprint density at radius 2 is 0.519 bits per heavy atom. The lowest BCUT2D eigenvalue weighted by molar-refractivity contribution is -0.166. The Morgan fingerprint density at radius 3 is 0.873 bits per heavy atom. The van der Waals surface area contributed by atoms with E-state index in [1.54, 1.807) is 0 Å². The van der Waals surface area contributed by atoms with Crippen LogP contribution >= 0.6 is 0 Å². The number of carbonyl (C=O) groups excluding carboxylic acids is 3. The van der Waals surface area contributed by atoms with Crippen molar-refractivity contribution < 1.29 is 28.6 Å². The number of ether oxygens (including phenoxy) is 3. The van der Waals surface area contributed by atoms with E-state index in [-0.39, 0.29) is 37.5 Å². The zero-order valence-electron chi connectivity index (χ0n) is 52.4. The molecular weight excluding hydrogens is 973 g/mol. The van der Waals surface area contributed by atoms with E-state index in [2.05, 4.69) is 99.8 Å². The van der Waals surface area contributed by atoms with Gasteiger partial charge in [-0.3, -0.25) is 14.4 Å². The minimum atomic E-state index is -0.813. The number of hydrogen-bond acceptors (Lipinski definition) is 6. The Balaban J connectivity index is 4.25.